The summed E-state index contributed by atoms with van der Waals surface area (Å²) >= 11 is 0. The number of aryl methyl sites for hydroxylation is 1. The van der Waals surface area contributed by atoms with Crippen LogP contribution >= 0.6 is 0 Å². The van der Waals surface area contributed by atoms with Gasteiger partial charge in [-0.3, -0.25) is 4.90 Å². The minimum absolute atomic E-state index is 0.322. The third kappa shape index (κ3) is 2.23. The third-order valence-corrected chi connectivity index (χ3v) is 4.05. The van der Waals surface area contributed by atoms with E-state index >= 15 is 0 Å². The number of nitrogens with zero attached hydrogens (tertiary/aromatic N) is 4. The number of methoxy groups -OCH3 is 1. The highest BCUT2D eigenvalue weighted by Gasteiger charge is 2.29. The predicted molar refractivity (Wildman–Crippen MR) is 90.1 cm³/mol. The lowest BCUT2D eigenvalue weighted by atomic mass is 10.1. The van der Waals surface area contributed by atoms with Crippen LogP contribution in [0, 0.1) is 6.92 Å². The van der Waals surface area contributed by atoms with Crippen molar-refractivity contribution in [3.63, 3.8) is 0 Å². The predicted octanol–water partition coefficient (Wildman–Crippen LogP) is 3.33. The molecule has 24 heavy (non-hydrogen) atoms. The molecule has 4 rings (SSSR count). The number of carbonyl (C=O) groups excluding carboxylic acids is 1. The van der Waals surface area contributed by atoms with Crippen LogP contribution in [0.25, 0.3) is 17.1 Å². The standard InChI is InChI=1S/C18H16N4O2/c1-12-8-9-14-15(10-12)22-16(11-21(14)18(23)24-2)19-17(20-22)13-6-4-3-5-7-13/h3-10H,11H2,1-2H3. The average Bonchev–Trinajstić information content (AvgIpc) is 3.05. The van der Waals surface area contributed by atoms with E-state index in [4.69, 9.17) is 4.74 Å². The molecule has 0 saturated carbocycles. The Hall–Kier alpha value is -3.15. The van der Waals surface area contributed by atoms with Crippen LogP contribution in [0.1, 0.15) is 11.4 Å². The van der Waals surface area contributed by atoms with Crippen molar-refractivity contribution in [2.75, 3.05) is 12.0 Å². The van der Waals surface area contributed by atoms with E-state index in [1.54, 1.807) is 4.90 Å². The highest BCUT2D eigenvalue weighted by Crippen LogP contribution is 2.33. The number of amides is 1. The van der Waals surface area contributed by atoms with Crippen LogP contribution in [0.4, 0.5) is 10.5 Å². The minimum Gasteiger partial charge on any atom is -0.452 e. The topological polar surface area (TPSA) is 60.2 Å². The largest absolute Gasteiger partial charge is 0.452 e. The number of carbonyl (C=O) groups is 1. The first-order valence-electron chi connectivity index (χ1n) is 7.65. The number of anilines is 1. The summed E-state index contributed by atoms with van der Waals surface area (Å²) in [6.07, 6.45) is -0.407. The lowest BCUT2D eigenvalue weighted by molar-refractivity contribution is 0.177. The number of ether oxygens (including phenoxy) is 1. The van der Waals surface area contributed by atoms with Gasteiger partial charge in [-0.25, -0.2) is 14.5 Å². The van der Waals surface area contributed by atoms with E-state index in [1.807, 2.05) is 60.1 Å². The van der Waals surface area contributed by atoms with E-state index in [0.717, 1.165) is 22.5 Å². The molecule has 0 saturated heterocycles. The van der Waals surface area contributed by atoms with Crippen molar-refractivity contribution in [2.24, 2.45) is 0 Å². The molecule has 0 aliphatic carbocycles. The summed E-state index contributed by atoms with van der Waals surface area (Å²) in [6, 6.07) is 15.7. The molecule has 0 N–H and O–H groups in total. The van der Waals surface area contributed by atoms with Gasteiger partial charge >= 0.3 is 6.09 Å². The zero-order chi connectivity index (χ0) is 16.7. The van der Waals surface area contributed by atoms with Crippen LogP contribution in [0.5, 0.6) is 0 Å². The van der Waals surface area contributed by atoms with E-state index in [2.05, 4.69) is 10.1 Å². The molecule has 1 aliphatic rings. The van der Waals surface area contributed by atoms with Crippen molar-refractivity contribution in [1.82, 2.24) is 14.8 Å². The van der Waals surface area contributed by atoms with Crippen LogP contribution in [0.2, 0.25) is 0 Å². The van der Waals surface area contributed by atoms with Gasteiger partial charge in [0, 0.05) is 5.56 Å². The second-order valence-corrected chi connectivity index (χ2v) is 5.68. The molecule has 6 nitrogen and oxygen atoms in total. The molecule has 0 fully saturated rings. The minimum atomic E-state index is -0.407. The highest BCUT2D eigenvalue weighted by molar-refractivity contribution is 5.91. The lowest BCUT2D eigenvalue weighted by Gasteiger charge is -2.28. The SMILES string of the molecule is COC(=O)N1Cc2nc(-c3ccccc3)nn2-c2cc(C)ccc21. The number of fused-ring (bicyclic) bond motifs is 3. The molecule has 1 aliphatic heterocycles. The molecule has 1 amide bonds. The van der Waals surface area contributed by atoms with Crippen molar-refractivity contribution in [1.29, 1.82) is 0 Å². The quantitative estimate of drug-likeness (QED) is 0.690. The maximum absolute atomic E-state index is 12.1. The molecule has 2 heterocycles. The van der Waals surface area contributed by atoms with Crippen LogP contribution < -0.4 is 4.90 Å². The second-order valence-electron chi connectivity index (χ2n) is 5.68. The number of hydrogen-bond acceptors (Lipinski definition) is 4. The molecular formula is C18H16N4O2. The van der Waals surface area contributed by atoms with Gasteiger partial charge in [0.05, 0.1) is 25.0 Å². The van der Waals surface area contributed by atoms with Crippen LogP contribution in [-0.4, -0.2) is 28.0 Å². The first-order chi connectivity index (χ1) is 11.7. The fourth-order valence-corrected chi connectivity index (χ4v) is 2.88. The summed E-state index contributed by atoms with van der Waals surface area (Å²) in [6.45, 7) is 2.33. The average molecular weight is 320 g/mol. The summed E-state index contributed by atoms with van der Waals surface area (Å²) in [4.78, 5) is 18.3. The van der Waals surface area contributed by atoms with Crippen molar-refractivity contribution < 1.29 is 9.53 Å². The number of rotatable bonds is 1. The smallest absolute Gasteiger partial charge is 0.414 e. The fourth-order valence-electron chi connectivity index (χ4n) is 2.88. The molecule has 0 bridgehead atoms. The zero-order valence-electron chi connectivity index (χ0n) is 13.4. The molecule has 6 heteroatoms. The first-order valence-corrected chi connectivity index (χ1v) is 7.65. The number of aromatic nitrogens is 3. The number of hydrogen-bond donors (Lipinski definition) is 0. The lowest BCUT2D eigenvalue weighted by Crippen LogP contribution is -2.35. The van der Waals surface area contributed by atoms with Crippen molar-refractivity contribution in [3.05, 3.63) is 59.9 Å². The molecule has 0 radical (unpaired) electrons. The summed E-state index contributed by atoms with van der Waals surface area (Å²) in [5.41, 5.74) is 3.63. The third-order valence-electron chi connectivity index (χ3n) is 4.05. The first kappa shape index (κ1) is 14.4. The van der Waals surface area contributed by atoms with Crippen molar-refractivity contribution >= 4 is 11.8 Å². The zero-order valence-corrected chi connectivity index (χ0v) is 13.4. The molecular weight excluding hydrogens is 304 g/mol. The molecule has 1 aromatic heterocycles. The second kappa shape index (κ2) is 5.49. The maximum Gasteiger partial charge on any atom is 0.414 e. The number of benzene rings is 2. The van der Waals surface area contributed by atoms with Gasteiger partial charge in [0.15, 0.2) is 11.6 Å². The summed E-state index contributed by atoms with van der Waals surface area (Å²) in [5.74, 6) is 1.35. The molecule has 120 valence electrons. The van der Waals surface area contributed by atoms with Gasteiger partial charge in [-0.15, -0.1) is 5.10 Å². The summed E-state index contributed by atoms with van der Waals surface area (Å²) in [7, 11) is 1.38. The van der Waals surface area contributed by atoms with Gasteiger partial charge in [-0.05, 0) is 24.6 Å². The monoisotopic (exact) mass is 320 g/mol. The van der Waals surface area contributed by atoms with Crippen LogP contribution in [-0.2, 0) is 11.3 Å². The van der Waals surface area contributed by atoms with Gasteiger partial charge in [0.1, 0.15) is 0 Å². The van der Waals surface area contributed by atoms with E-state index in [9.17, 15) is 4.79 Å². The normalized spacial score (nSPS) is 12.5. The highest BCUT2D eigenvalue weighted by atomic mass is 16.5. The fraction of sp³-hybridized carbons (Fsp3) is 0.167. The van der Waals surface area contributed by atoms with Crippen LogP contribution in [0.15, 0.2) is 48.5 Å². The van der Waals surface area contributed by atoms with Crippen molar-refractivity contribution in [2.45, 2.75) is 13.5 Å². The van der Waals surface area contributed by atoms with Gasteiger partial charge in [0.25, 0.3) is 0 Å². The molecule has 0 unspecified atom stereocenters. The molecule has 0 spiro atoms. The summed E-state index contributed by atoms with van der Waals surface area (Å²) < 4.78 is 6.72. The summed E-state index contributed by atoms with van der Waals surface area (Å²) in [5, 5.41) is 4.65. The molecule has 2 aromatic carbocycles. The van der Waals surface area contributed by atoms with Crippen molar-refractivity contribution in [3.8, 4) is 17.1 Å². The molecule has 3 aromatic rings. The Morgan fingerprint density at radius 3 is 2.67 bits per heavy atom. The Balaban J connectivity index is 1.88. The van der Waals surface area contributed by atoms with E-state index in [0.29, 0.717) is 18.2 Å². The Morgan fingerprint density at radius 2 is 1.92 bits per heavy atom. The van der Waals surface area contributed by atoms with Gasteiger partial charge in [-0.2, -0.15) is 0 Å². The van der Waals surface area contributed by atoms with Gasteiger partial charge < -0.3 is 4.74 Å². The Morgan fingerprint density at radius 1 is 1.12 bits per heavy atom. The van der Waals surface area contributed by atoms with E-state index in [1.165, 1.54) is 7.11 Å². The van der Waals surface area contributed by atoms with E-state index in [-0.39, 0.29) is 0 Å². The van der Waals surface area contributed by atoms with Gasteiger partial charge in [0.2, 0.25) is 0 Å². The maximum atomic E-state index is 12.1. The molecule has 0 atom stereocenters. The Labute approximate surface area is 139 Å². The van der Waals surface area contributed by atoms with E-state index < -0.39 is 6.09 Å². The Bertz CT molecular complexity index is 918. The van der Waals surface area contributed by atoms with Gasteiger partial charge in [-0.1, -0.05) is 36.4 Å². The Kier molecular flexibility index (Phi) is 3.30. The van der Waals surface area contributed by atoms with Crippen LogP contribution in [0.3, 0.4) is 0 Å².